The number of carbonyl (C=O) groups is 1. The molecule has 1 saturated heterocycles. The summed E-state index contributed by atoms with van der Waals surface area (Å²) >= 11 is 0. The van der Waals surface area contributed by atoms with Crippen LogP contribution in [0.15, 0.2) is 33.9 Å². The number of hydrogen-bond donors (Lipinski definition) is 0. The van der Waals surface area contributed by atoms with Gasteiger partial charge in [-0.05, 0) is 18.4 Å². The summed E-state index contributed by atoms with van der Waals surface area (Å²) in [6.07, 6.45) is 3.10. The van der Waals surface area contributed by atoms with Gasteiger partial charge in [0.15, 0.2) is 9.84 Å². The van der Waals surface area contributed by atoms with Crippen molar-refractivity contribution in [2.75, 3.05) is 18.1 Å². The summed E-state index contributed by atoms with van der Waals surface area (Å²) in [5, 5.41) is 7.40. The predicted octanol–water partition coefficient (Wildman–Crippen LogP) is 0.570. The highest BCUT2D eigenvalue weighted by Crippen LogP contribution is 2.20. The number of pyridine rings is 1. The molecular formula is C17H22N4O5S. The molecular weight excluding hydrogens is 372 g/mol. The summed E-state index contributed by atoms with van der Waals surface area (Å²) in [7, 11) is -3.12. The van der Waals surface area contributed by atoms with Gasteiger partial charge < -0.3 is 13.9 Å². The first-order valence-electron chi connectivity index (χ1n) is 8.72. The Labute approximate surface area is 156 Å². The Balaban J connectivity index is 1.83. The Morgan fingerprint density at radius 1 is 1.41 bits per heavy atom. The largest absolute Gasteiger partial charge is 0.423 e. The molecule has 146 valence electrons. The first-order chi connectivity index (χ1) is 12.7. The van der Waals surface area contributed by atoms with E-state index in [1.54, 1.807) is 11.0 Å². The summed E-state index contributed by atoms with van der Waals surface area (Å²) in [6.45, 7) is 4.19. The fourth-order valence-electron chi connectivity index (χ4n) is 3.19. The minimum atomic E-state index is -3.12. The van der Waals surface area contributed by atoms with E-state index in [1.165, 1.54) is 23.2 Å². The van der Waals surface area contributed by atoms with Crippen LogP contribution >= 0.6 is 0 Å². The third-order valence-electron chi connectivity index (χ3n) is 4.43. The summed E-state index contributed by atoms with van der Waals surface area (Å²) in [4.78, 5) is 26.7. The van der Waals surface area contributed by atoms with Gasteiger partial charge in [0.05, 0.1) is 17.1 Å². The van der Waals surface area contributed by atoms with Crippen molar-refractivity contribution in [2.24, 2.45) is 5.92 Å². The Morgan fingerprint density at radius 2 is 2.19 bits per heavy atom. The van der Waals surface area contributed by atoms with Gasteiger partial charge in [0.1, 0.15) is 6.54 Å². The number of carbonyl (C=O) groups excluding carboxylic acids is 1. The number of aromatic nitrogens is 3. The number of nitrogens with zero attached hydrogens (tertiary/aromatic N) is 4. The van der Waals surface area contributed by atoms with E-state index in [-0.39, 0.29) is 47.4 Å². The predicted molar refractivity (Wildman–Crippen MR) is 97.6 cm³/mol. The molecule has 1 fully saturated rings. The third-order valence-corrected chi connectivity index (χ3v) is 6.18. The molecule has 1 aliphatic rings. The van der Waals surface area contributed by atoms with Gasteiger partial charge in [0.2, 0.25) is 18.2 Å². The van der Waals surface area contributed by atoms with E-state index >= 15 is 0 Å². The first-order valence-corrected chi connectivity index (χ1v) is 10.5. The van der Waals surface area contributed by atoms with Gasteiger partial charge in [-0.1, -0.05) is 13.8 Å². The van der Waals surface area contributed by atoms with Crippen LogP contribution in [0.25, 0.3) is 11.5 Å². The highest BCUT2D eigenvalue weighted by molar-refractivity contribution is 7.91. The normalized spacial score (nSPS) is 18.7. The van der Waals surface area contributed by atoms with Crippen LogP contribution in [0.1, 0.15) is 20.3 Å². The lowest BCUT2D eigenvalue weighted by Gasteiger charge is -2.30. The highest BCUT2D eigenvalue weighted by Gasteiger charge is 2.34. The molecule has 27 heavy (non-hydrogen) atoms. The Hall–Kier alpha value is -2.49. The van der Waals surface area contributed by atoms with Crippen molar-refractivity contribution < 1.29 is 17.6 Å². The minimum absolute atomic E-state index is 0.0254. The molecule has 0 radical (unpaired) electrons. The van der Waals surface area contributed by atoms with Crippen LogP contribution in [0, 0.1) is 5.92 Å². The SMILES string of the molecule is CC(C)CN(C(=O)Cn1cc(-c2nnco2)ccc1=O)[C@@H]1CCS(=O)(=O)C1. The van der Waals surface area contributed by atoms with Crippen LogP contribution in [0.4, 0.5) is 0 Å². The molecule has 3 heterocycles. The smallest absolute Gasteiger partial charge is 0.251 e. The van der Waals surface area contributed by atoms with E-state index in [2.05, 4.69) is 10.2 Å². The van der Waals surface area contributed by atoms with Crippen molar-refractivity contribution >= 4 is 15.7 Å². The third kappa shape index (κ3) is 4.62. The van der Waals surface area contributed by atoms with Gasteiger partial charge in [-0.3, -0.25) is 9.59 Å². The van der Waals surface area contributed by atoms with Crippen LogP contribution in [0.5, 0.6) is 0 Å². The van der Waals surface area contributed by atoms with E-state index in [4.69, 9.17) is 4.42 Å². The zero-order valence-electron chi connectivity index (χ0n) is 15.2. The molecule has 0 spiro atoms. The molecule has 0 bridgehead atoms. The lowest BCUT2D eigenvalue weighted by Crippen LogP contribution is -2.45. The molecule has 3 rings (SSSR count). The van der Waals surface area contributed by atoms with Crippen LogP contribution in [0.3, 0.4) is 0 Å². The maximum Gasteiger partial charge on any atom is 0.251 e. The minimum Gasteiger partial charge on any atom is -0.423 e. The van der Waals surface area contributed by atoms with Crippen LogP contribution in [0.2, 0.25) is 0 Å². The molecule has 2 aromatic rings. The average molecular weight is 394 g/mol. The molecule has 1 amide bonds. The van der Waals surface area contributed by atoms with Crippen molar-refractivity contribution in [3.8, 4) is 11.5 Å². The topological polar surface area (TPSA) is 115 Å². The Kier molecular flexibility index (Phi) is 5.45. The second kappa shape index (κ2) is 7.63. The van der Waals surface area contributed by atoms with Crippen molar-refractivity contribution in [1.82, 2.24) is 19.7 Å². The van der Waals surface area contributed by atoms with Gasteiger partial charge in [-0.2, -0.15) is 0 Å². The second-order valence-electron chi connectivity index (χ2n) is 7.12. The number of rotatable bonds is 6. The van der Waals surface area contributed by atoms with Crippen molar-refractivity contribution in [3.05, 3.63) is 35.1 Å². The molecule has 1 aliphatic heterocycles. The van der Waals surface area contributed by atoms with Crippen LogP contribution in [-0.2, 0) is 21.2 Å². The Morgan fingerprint density at radius 3 is 2.78 bits per heavy atom. The number of sulfone groups is 1. The molecule has 1 atom stereocenters. The monoisotopic (exact) mass is 394 g/mol. The maximum atomic E-state index is 12.9. The Bertz CT molecular complexity index is 965. The first kappa shape index (κ1) is 19.3. The van der Waals surface area contributed by atoms with Crippen LogP contribution < -0.4 is 5.56 Å². The fraction of sp³-hybridized carbons (Fsp3) is 0.529. The zero-order valence-corrected chi connectivity index (χ0v) is 16.1. The van der Waals surface area contributed by atoms with E-state index in [1.807, 2.05) is 13.8 Å². The van der Waals surface area contributed by atoms with Gasteiger partial charge in [0.25, 0.3) is 5.56 Å². The molecule has 9 nitrogen and oxygen atoms in total. The summed E-state index contributed by atoms with van der Waals surface area (Å²) < 4.78 is 30.1. The second-order valence-corrected chi connectivity index (χ2v) is 9.35. The van der Waals surface area contributed by atoms with E-state index in [0.29, 0.717) is 18.5 Å². The standard InChI is InChI=1S/C17H22N4O5S/c1-12(2)7-21(14-5-6-27(24,25)10-14)16(23)9-20-8-13(3-4-15(20)22)17-19-18-11-26-17/h3-4,8,11-12,14H,5-7,9-10H2,1-2H3/t14-/m1/s1. The maximum absolute atomic E-state index is 12.9. The summed E-state index contributed by atoms with van der Waals surface area (Å²) in [5.41, 5.74) is 0.189. The lowest BCUT2D eigenvalue weighted by molar-refractivity contribution is -0.134. The van der Waals surface area contributed by atoms with Gasteiger partial charge in [0, 0.05) is 24.8 Å². The molecule has 0 aromatic carbocycles. The van der Waals surface area contributed by atoms with Crippen LogP contribution in [-0.4, -0.2) is 58.1 Å². The molecule has 2 aromatic heterocycles. The molecule has 0 N–H and O–H groups in total. The quantitative estimate of drug-likeness (QED) is 0.703. The molecule has 0 saturated carbocycles. The van der Waals surface area contributed by atoms with Crippen molar-refractivity contribution in [1.29, 1.82) is 0 Å². The lowest BCUT2D eigenvalue weighted by atomic mass is 10.1. The fourth-order valence-corrected chi connectivity index (χ4v) is 4.92. The van der Waals surface area contributed by atoms with E-state index in [0.717, 1.165) is 0 Å². The number of amides is 1. The van der Waals surface area contributed by atoms with Gasteiger partial charge in [-0.25, -0.2) is 8.42 Å². The summed E-state index contributed by atoms with van der Waals surface area (Å²) in [5.74, 6) is 0.209. The highest BCUT2D eigenvalue weighted by atomic mass is 32.2. The van der Waals surface area contributed by atoms with Gasteiger partial charge >= 0.3 is 0 Å². The van der Waals surface area contributed by atoms with E-state index in [9.17, 15) is 18.0 Å². The van der Waals surface area contributed by atoms with Crippen molar-refractivity contribution in [2.45, 2.75) is 32.9 Å². The van der Waals surface area contributed by atoms with E-state index < -0.39 is 9.84 Å². The molecule has 0 unspecified atom stereocenters. The van der Waals surface area contributed by atoms with Gasteiger partial charge in [-0.15, -0.1) is 10.2 Å². The average Bonchev–Trinajstić information content (AvgIpc) is 3.24. The molecule has 10 heteroatoms. The van der Waals surface area contributed by atoms with Crippen molar-refractivity contribution in [3.63, 3.8) is 0 Å². The number of hydrogen-bond acceptors (Lipinski definition) is 7. The summed E-state index contributed by atoms with van der Waals surface area (Å²) in [6, 6.07) is 2.53. The molecule has 0 aliphatic carbocycles. The zero-order chi connectivity index (χ0) is 19.6.